The lowest BCUT2D eigenvalue weighted by Gasteiger charge is -2.22. The molecular weight excluding hydrogens is 340 g/mol. The van der Waals surface area contributed by atoms with Crippen molar-refractivity contribution < 1.29 is 23.1 Å². The number of nitrogens with zero attached hydrogens (tertiary/aromatic N) is 1. The van der Waals surface area contributed by atoms with Crippen molar-refractivity contribution in [2.75, 3.05) is 20.2 Å². The highest BCUT2D eigenvalue weighted by atomic mass is 19.1. The topological polar surface area (TPSA) is 46.6 Å². The largest absolute Gasteiger partial charge is 0.469 e. The third kappa shape index (κ3) is 6.27. The standard InChI is InChI=1S/C20H21F2NO3/c1-26-20(25)11-13-23(12-10-15-2-6-17(21)7-3-15)19(24)14-16-4-8-18(22)9-5-16/h2-9H,10-14H2,1H3. The van der Waals surface area contributed by atoms with E-state index in [1.165, 1.54) is 31.4 Å². The quantitative estimate of drug-likeness (QED) is 0.679. The Morgan fingerprint density at radius 2 is 1.42 bits per heavy atom. The number of amides is 1. The van der Waals surface area contributed by atoms with Gasteiger partial charge in [-0.15, -0.1) is 0 Å². The predicted molar refractivity (Wildman–Crippen MR) is 93.4 cm³/mol. The first-order valence-electron chi connectivity index (χ1n) is 8.31. The fraction of sp³-hybridized carbons (Fsp3) is 0.300. The maximum absolute atomic E-state index is 13.0. The van der Waals surface area contributed by atoms with Crippen molar-refractivity contribution in [3.8, 4) is 0 Å². The fourth-order valence-electron chi connectivity index (χ4n) is 2.49. The highest BCUT2D eigenvalue weighted by molar-refractivity contribution is 5.79. The van der Waals surface area contributed by atoms with Gasteiger partial charge in [-0.05, 0) is 41.8 Å². The zero-order valence-electron chi connectivity index (χ0n) is 14.6. The smallest absolute Gasteiger partial charge is 0.307 e. The van der Waals surface area contributed by atoms with E-state index in [-0.39, 0.29) is 36.9 Å². The normalized spacial score (nSPS) is 10.4. The number of ether oxygens (including phenoxy) is 1. The summed E-state index contributed by atoms with van der Waals surface area (Å²) in [5, 5.41) is 0. The molecule has 0 aliphatic carbocycles. The number of hydrogen-bond donors (Lipinski definition) is 0. The molecule has 2 rings (SSSR count). The Kier molecular flexibility index (Phi) is 7.26. The Balaban J connectivity index is 2.00. The molecule has 138 valence electrons. The van der Waals surface area contributed by atoms with Crippen LogP contribution in [-0.2, 0) is 27.2 Å². The Bertz CT molecular complexity index is 730. The van der Waals surface area contributed by atoms with Crippen molar-refractivity contribution in [3.63, 3.8) is 0 Å². The van der Waals surface area contributed by atoms with Crippen LogP contribution in [0, 0.1) is 11.6 Å². The third-order valence-electron chi connectivity index (χ3n) is 4.02. The van der Waals surface area contributed by atoms with Gasteiger partial charge in [0.2, 0.25) is 5.91 Å². The Hall–Kier alpha value is -2.76. The average Bonchev–Trinajstić information content (AvgIpc) is 2.64. The number of rotatable bonds is 8. The van der Waals surface area contributed by atoms with Gasteiger partial charge in [0.1, 0.15) is 11.6 Å². The molecule has 1 amide bonds. The summed E-state index contributed by atoms with van der Waals surface area (Å²) in [4.78, 5) is 25.6. The zero-order chi connectivity index (χ0) is 18.9. The van der Waals surface area contributed by atoms with E-state index in [9.17, 15) is 18.4 Å². The highest BCUT2D eigenvalue weighted by Crippen LogP contribution is 2.09. The first kappa shape index (κ1) is 19.6. The second-order valence-corrected chi connectivity index (χ2v) is 5.89. The molecule has 0 saturated heterocycles. The van der Waals surface area contributed by atoms with E-state index in [1.807, 2.05) is 0 Å². The molecular formula is C20H21F2NO3. The van der Waals surface area contributed by atoms with Crippen LogP contribution < -0.4 is 0 Å². The molecule has 2 aromatic rings. The third-order valence-corrected chi connectivity index (χ3v) is 4.02. The van der Waals surface area contributed by atoms with Crippen molar-refractivity contribution in [3.05, 3.63) is 71.3 Å². The number of hydrogen-bond acceptors (Lipinski definition) is 3. The molecule has 0 spiro atoms. The minimum Gasteiger partial charge on any atom is -0.469 e. The van der Waals surface area contributed by atoms with E-state index < -0.39 is 5.97 Å². The fourth-order valence-corrected chi connectivity index (χ4v) is 2.49. The van der Waals surface area contributed by atoms with Crippen LogP contribution in [0.1, 0.15) is 17.5 Å². The molecule has 0 atom stereocenters. The number of benzene rings is 2. The van der Waals surface area contributed by atoms with E-state index in [1.54, 1.807) is 29.2 Å². The predicted octanol–water partition coefficient (Wildman–Crippen LogP) is 3.14. The number of carbonyl (C=O) groups excluding carboxylic acids is 2. The van der Waals surface area contributed by atoms with Crippen molar-refractivity contribution >= 4 is 11.9 Å². The summed E-state index contributed by atoms with van der Waals surface area (Å²) in [6.45, 7) is 0.622. The van der Waals surface area contributed by atoms with Gasteiger partial charge in [0.25, 0.3) is 0 Å². The van der Waals surface area contributed by atoms with Crippen LogP contribution in [-0.4, -0.2) is 37.0 Å². The monoisotopic (exact) mass is 361 g/mol. The summed E-state index contributed by atoms with van der Waals surface area (Å²) in [5.41, 5.74) is 1.59. The van der Waals surface area contributed by atoms with Crippen LogP contribution in [0.25, 0.3) is 0 Å². The molecule has 6 heteroatoms. The Labute approximate surface area is 151 Å². The van der Waals surface area contributed by atoms with Gasteiger partial charge in [-0.1, -0.05) is 24.3 Å². The molecule has 2 aromatic carbocycles. The van der Waals surface area contributed by atoms with Crippen molar-refractivity contribution in [1.29, 1.82) is 0 Å². The van der Waals surface area contributed by atoms with E-state index in [4.69, 9.17) is 0 Å². The van der Waals surface area contributed by atoms with Crippen LogP contribution in [0.5, 0.6) is 0 Å². The van der Waals surface area contributed by atoms with Crippen molar-refractivity contribution in [2.45, 2.75) is 19.3 Å². The molecule has 0 saturated carbocycles. The van der Waals surface area contributed by atoms with E-state index >= 15 is 0 Å². The van der Waals surface area contributed by atoms with E-state index in [0.717, 1.165) is 5.56 Å². The minimum absolute atomic E-state index is 0.0923. The Morgan fingerprint density at radius 3 is 1.96 bits per heavy atom. The number of carbonyl (C=O) groups is 2. The first-order chi connectivity index (χ1) is 12.5. The van der Waals surface area contributed by atoms with Gasteiger partial charge in [-0.25, -0.2) is 8.78 Å². The Morgan fingerprint density at radius 1 is 0.885 bits per heavy atom. The zero-order valence-corrected chi connectivity index (χ0v) is 14.6. The number of esters is 1. The summed E-state index contributed by atoms with van der Waals surface area (Å²) in [5.74, 6) is -1.24. The molecule has 0 fully saturated rings. The molecule has 0 aliphatic heterocycles. The van der Waals surface area contributed by atoms with Crippen molar-refractivity contribution in [2.24, 2.45) is 0 Å². The number of halogens is 2. The summed E-state index contributed by atoms with van der Waals surface area (Å²) >= 11 is 0. The van der Waals surface area contributed by atoms with Crippen LogP contribution in [0.3, 0.4) is 0 Å². The summed E-state index contributed by atoms with van der Waals surface area (Å²) in [6.07, 6.45) is 0.747. The molecule has 0 aromatic heterocycles. The van der Waals surface area contributed by atoms with Crippen LogP contribution >= 0.6 is 0 Å². The maximum Gasteiger partial charge on any atom is 0.307 e. The van der Waals surface area contributed by atoms with Crippen LogP contribution in [0.4, 0.5) is 8.78 Å². The second kappa shape index (κ2) is 9.65. The summed E-state index contributed by atoms with van der Waals surface area (Å²) in [7, 11) is 1.30. The molecule has 0 radical (unpaired) electrons. The van der Waals surface area contributed by atoms with Gasteiger partial charge < -0.3 is 9.64 Å². The van der Waals surface area contributed by atoms with Crippen LogP contribution in [0.2, 0.25) is 0 Å². The summed E-state index contributed by atoms with van der Waals surface area (Å²) < 4.78 is 30.6. The van der Waals surface area contributed by atoms with E-state index in [0.29, 0.717) is 18.5 Å². The van der Waals surface area contributed by atoms with Gasteiger partial charge in [-0.3, -0.25) is 9.59 Å². The molecule has 0 N–H and O–H groups in total. The molecule has 0 unspecified atom stereocenters. The van der Waals surface area contributed by atoms with Gasteiger partial charge in [0.05, 0.1) is 20.0 Å². The average molecular weight is 361 g/mol. The highest BCUT2D eigenvalue weighted by Gasteiger charge is 2.16. The summed E-state index contributed by atoms with van der Waals surface area (Å²) in [6, 6.07) is 11.8. The number of methoxy groups -OCH3 is 1. The lowest BCUT2D eigenvalue weighted by molar-refractivity contribution is -0.141. The minimum atomic E-state index is -0.397. The van der Waals surface area contributed by atoms with Gasteiger partial charge in [0.15, 0.2) is 0 Å². The van der Waals surface area contributed by atoms with Gasteiger partial charge >= 0.3 is 5.97 Å². The second-order valence-electron chi connectivity index (χ2n) is 5.89. The van der Waals surface area contributed by atoms with E-state index in [2.05, 4.69) is 4.74 Å². The molecule has 0 heterocycles. The molecule has 26 heavy (non-hydrogen) atoms. The first-order valence-corrected chi connectivity index (χ1v) is 8.31. The van der Waals surface area contributed by atoms with Crippen LogP contribution in [0.15, 0.2) is 48.5 Å². The lowest BCUT2D eigenvalue weighted by atomic mass is 10.1. The van der Waals surface area contributed by atoms with Crippen molar-refractivity contribution in [1.82, 2.24) is 4.90 Å². The molecule has 0 aliphatic rings. The van der Waals surface area contributed by atoms with Gasteiger partial charge in [0, 0.05) is 13.1 Å². The maximum atomic E-state index is 13.0. The lowest BCUT2D eigenvalue weighted by Crippen LogP contribution is -2.36. The SMILES string of the molecule is COC(=O)CCN(CCc1ccc(F)cc1)C(=O)Cc1ccc(F)cc1. The van der Waals surface area contributed by atoms with Gasteiger partial charge in [-0.2, -0.15) is 0 Å². The molecule has 0 bridgehead atoms. The molecule has 4 nitrogen and oxygen atoms in total.